The van der Waals surface area contributed by atoms with Crippen molar-refractivity contribution in [3.05, 3.63) is 164 Å². The first-order chi connectivity index (χ1) is 23.8. The number of rotatable bonds is 4. The van der Waals surface area contributed by atoms with Crippen LogP contribution in [0, 0.1) is 0 Å². The number of furan rings is 1. The zero-order chi connectivity index (χ0) is 31.6. The van der Waals surface area contributed by atoms with Gasteiger partial charge in [-0.1, -0.05) is 109 Å². The second kappa shape index (κ2) is 10.5. The summed E-state index contributed by atoms with van der Waals surface area (Å²) in [6.07, 6.45) is 0. The molecule has 0 aliphatic carbocycles. The van der Waals surface area contributed by atoms with Crippen molar-refractivity contribution in [3.63, 3.8) is 0 Å². The summed E-state index contributed by atoms with van der Waals surface area (Å²) in [6.45, 7) is 0. The molecular weight excluding hydrogens is 587 g/mol. The molecule has 10 rings (SSSR count). The third kappa shape index (κ3) is 4.10. The lowest BCUT2D eigenvalue weighted by Crippen LogP contribution is -1.95. The Morgan fingerprint density at radius 3 is 2.06 bits per heavy atom. The highest BCUT2D eigenvalue weighted by molar-refractivity contribution is 6.16. The van der Waals surface area contributed by atoms with Gasteiger partial charge in [0.15, 0.2) is 5.82 Å². The Bertz CT molecular complexity index is 2840. The molecule has 0 fully saturated rings. The zero-order valence-corrected chi connectivity index (χ0v) is 25.8. The first kappa shape index (κ1) is 26.7. The third-order valence-corrected chi connectivity index (χ3v) is 9.40. The summed E-state index contributed by atoms with van der Waals surface area (Å²) in [4.78, 5) is 10.3. The standard InChI is InChI=1S/C44H27N3O/c1-2-14-31(15-3-1)47-38-21-8-5-18-36(38)42-32(19-11-22-39(42)47)28-12-10-13-30(26-28)44-45-37-20-7-4-17-35(37)43(46-44)29-24-25-34-33-16-6-9-23-40(33)48-41(34)27-29/h1-27H. The monoisotopic (exact) mass is 613 g/mol. The van der Waals surface area contributed by atoms with E-state index in [1.54, 1.807) is 0 Å². The highest BCUT2D eigenvalue weighted by atomic mass is 16.3. The molecule has 48 heavy (non-hydrogen) atoms. The van der Waals surface area contributed by atoms with E-state index in [0.29, 0.717) is 5.82 Å². The number of aromatic nitrogens is 3. The normalized spacial score (nSPS) is 11.8. The molecule has 4 heteroatoms. The van der Waals surface area contributed by atoms with Gasteiger partial charge in [0.05, 0.1) is 22.2 Å². The van der Waals surface area contributed by atoms with Crippen molar-refractivity contribution in [1.29, 1.82) is 0 Å². The molecule has 0 radical (unpaired) electrons. The maximum absolute atomic E-state index is 6.26. The molecule has 0 aliphatic rings. The first-order valence-electron chi connectivity index (χ1n) is 16.2. The molecule has 224 valence electrons. The van der Waals surface area contributed by atoms with E-state index < -0.39 is 0 Å². The summed E-state index contributed by atoms with van der Waals surface area (Å²) in [5, 5.41) is 5.68. The second-order valence-electron chi connectivity index (χ2n) is 12.2. The van der Waals surface area contributed by atoms with Crippen LogP contribution in [0.15, 0.2) is 168 Å². The van der Waals surface area contributed by atoms with Crippen LogP contribution in [0.4, 0.5) is 0 Å². The molecule has 3 heterocycles. The Kier molecular flexibility index (Phi) is 5.84. The highest BCUT2D eigenvalue weighted by Crippen LogP contribution is 2.40. The average Bonchev–Trinajstić information content (AvgIpc) is 3.70. The Morgan fingerprint density at radius 2 is 1.15 bits per heavy atom. The lowest BCUT2D eigenvalue weighted by Gasteiger charge is -2.11. The summed E-state index contributed by atoms with van der Waals surface area (Å²) in [5.41, 5.74) is 11.3. The van der Waals surface area contributed by atoms with E-state index in [-0.39, 0.29) is 0 Å². The van der Waals surface area contributed by atoms with Crippen LogP contribution in [0.1, 0.15) is 0 Å². The summed E-state index contributed by atoms with van der Waals surface area (Å²) in [6, 6.07) is 57.2. The maximum atomic E-state index is 6.26. The number of hydrogen-bond acceptors (Lipinski definition) is 3. The van der Waals surface area contributed by atoms with Crippen LogP contribution in [-0.4, -0.2) is 14.5 Å². The van der Waals surface area contributed by atoms with E-state index in [1.165, 1.54) is 27.4 Å². The molecule has 0 spiro atoms. The number of fused-ring (bicyclic) bond motifs is 7. The summed E-state index contributed by atoms with van der Waals surface area (Å²) < 4.78 is 8.61. The van der Waals surface area contributed by atoms with Gasteiger partial charge in [0.25, 0.3) is 0 Å². The summed E-state index contributed by atoms with van der Waals surface area (Å²) in [7, 11) is 0. The predicted molar refractivity (Wildman–Crippen MR) is 197 cm³/mol. The Hall–Kier alpha value is -6.52. The molecule has 10 aromatic rings. The van der Waals surface area contributed by atoms with Crippen molar-refractivity contribution in [2.75, 3.05) is 0 Å². The van der Waals surface area contributed by atoms with Gasteiger partial charge in [-0.15, -0.1) is 0 Å². The molecule has 7 aromatic carbocycles. The number of hydrogen-bond donors (Lipinski definition) is 0. The van der Waals surface area contributed by atoms with E-state index in [9.17, 15) is 0 Å². The van der Waals surface area contributed by atoms with Crippen LogP contribution >= 0.6 is 0 Å². The minimum Gasteiger partial charge on any atom is -0.456 e. The van der Waals surface area contributed by atoms with Crippen LogP contribution in [0.2, 0.25) is 0 Å². The molecular formula is C44H27N3O. The van der Waals surface area contributed by atoms with E-state index in [1.807, 2.05) is 30.3 Å². The van der Waals surface area contributed by atoms with E-state index >= 15 is 0 Å². The first-order valence-corrected chi connectivity index (χ1v) is 16.2. The second-order valence-corrected chi connectivity index (χ2v) is 12.2. The Balaban J connectivity index is 1.15. The molecule has 0 amide bonds. The molecule has 0 atom stereocenters. The highest BCUT2D eigenvalue weighted by Gasteiger charge is 2.18. The quantitative estimate of drug-likeness (QED) is 0.198. The fourth-order valence-electron chi connectivity index (χ4n) is 7.24. The molecule has 0 saturated carbocycles. The van der Waals surface area contributed by atoms with Gasteiger partial charge in [0, 0.05) is 43.7 Å². The van der Waals surface area contributed by atoms with Gasteiger partial charge < -0.3 is 8.98 Å². The van der Waals surface area contributed by atoms with Crippen LogP contribution in [0.3, 0.4) is 0 Å². The Morgan fingerprint density at radius 1 is 0.438 bits per heavy atom. The number of nitrogens with zero attached hydrogens (tertiary/aromatic N) is 3. The minimum atomic E-state index is 0.689. The van der Waals surface area contributed by atoms with Gasteiger partial charge in [0.2, 0.25) is 0 Å². The smallest absolute Gasteiger partial charge is 0.160 e. The van der Waals surface area contributed by atoms with E-state index in [4.69, 9.17) is 14.4 Å². The molecule has 0 bridgehead atoms. The summed E-state index contributed by atoms with van der Waals surface area (Å²) >= 11 is 0. The largest absolute Gasteiger partial charge is 0.456 e. The molecule has 3 aromatic heterocycles. The predicted octanol–water partition coefficient (Wildman–Crippen LogP) is 11.6. The molecule has 0 N–H and O–H groups in total. The molecule has 4 nitrogen and oxygen atoms in total. The topological polar surface area (TPSA) is 43.9 Å². The molecule has 0 saturated heterocycles. The molecule has 0 unspecified atom stereocenters. The van der Waals surface area contributed by atoms with Gasteiger partial charge >= 0.3 is 0 Å². The van der Waals surface area contributed by atoms with Gasteiger partial charge in [-0.05, 0) is 65.7 Å². The summed E-state index contributed by atoms with van der Waals surface area (Å²) in [5.74, 6) is 0.689. The van der Waals surface area contributed by atoms with Gasteiger partial charge in [-0.25, -0.2) is 9.97 Å². The number of para-hydroxylation sites is 4. The van der Waals surface area contributed by atoms with Gasteiger partial charge in [0.1, 0.15) is 11.2 Å². The van der Waals surface area contributed by atoms with Crippen LogP contribution in [0.5, 0.6) is 0 Å². The van der Waals surface area contributed by atoms with Gasteiger partial charge in [-0.2, -0.15) is 0 Å². The van der Waals surface area contributed by atoms with Crippen LogP contribution < -0.4 is 0 Å². The fourth-order valence-corrected chi connectivity index (χ4v) is 7.24. The van der Waals surface area contributed by atoms with E-state index in [0.717, 1.165) is 60.9 Å². The lowest BCUT2D eigenvalue weighted by molar-refractivity contribution is 0.669. The van der Waals surface area contributed by atoms with Crippen LogP contribution in [-0.2, 0) is 0 Å². The SMILES string of the molecule is c1ccc(-n2c3ccccc3c3c(-c4cccc(-c5nc(-c6ccc7c(c6)oc6ccccc67)c6ccccc6n5)c4)cccc32)cc1. The van der Waals surface area contributed by atoms with Crippen LogP contribution in [0.25, 0.3) is 94.1 Å². The van der Waals surface area contributed by atoms with Crippen molar-refractivity contribution in [1.82, 2.24) is 14.5 Å². The van der Waals surface area contributed by atoms with Crippen molar-refractivity contribution in [2.24, 2.45) is 0 Å². The fraction of sp³-hybridized carbons (Fsp3) is 0. The van der Waals surface area contributed by atoms with Crippen molar-refractivity contribution < 1.29 is 4.42 Å². The number of benzene rings is 7. The zero-order valence-electron chi connectivity index (χ0n) is 25.8. The van der Waals surface area contributed by atoms with Crippen molar-refractivity contribution >= 4 is 54.6 Å². The van der Waals surface area contributed by atoms with Crippen molar-refractivity contribution in [2.45, 2.75) is 0 Å². The Labute approximate surface area is 276 Å². The van der Waals surface area contributed by atoms with Crippen molar-refractivity contribution in [3.8, 4) is 39.5 Å². The molecule has 0 aliphatic heterocycles. The van der Waals surface area contributed by atoms with E-state index in [2.05, 4.69) is 138 Å². The maximum Gasteiger partial charge on any atom is 0.160 e. The average molecular weight is 614 g/mol. The van der Waals surface area contributed by atoms with Gasteiger partial charge in [-0.3, -0.25) is 0 Å². The minimum absolute atomic E-state index is 0.689. The lowest BCUT2D eigenvalue weighted by atomic mass is 9.97. The third-order valence-electron chi connectivity index (χ3n) is 9.40.